The van der Waals surface area contributed by atoms with Gasteiger partial charge in [-0.2, -0.15) is 0 Å². The first-order valence-corrected chi connectivity index (χ1v) is 4.79. The standard InChI is InChI=1S/C10H8BrNO/c1-2-7-8-5-6(11)3-4-9(8)12-10(7)13/h2-5H,1H3,(H,12,13)/b7-2+. The Labute approximate surface area is 84.8 Å². The first kappa shape index (κ1) is 8.51. The van der Waals surface area contributed by atoms with Gasteiger partial charge in [0.1, 0.15) is 0 Å². The average molecular weight is 238 g/mol. The Balaban J connectivity index is 2.63. The monoisotopic (exact) mass is 237 g/mol. The molecule has 66 valence electrons. The maximum atomic E-state index is 11.4. The highest BCUT2D eigenvalue weighted by atomic mass is 79.9. The van der Waals surface area contributed by atoms with E-state index in [9.17, 15) is 4.79 Å². The molecule has 13 heavy (non-hydrogen) atoms. The molecule has 2 nitrogen and oxygen atoms in total. The molecule has 0 bridgehead atoms. The Morgan fingerprint density at radius 1 is 1.46 bits per heavy atom. The summed E-state index contributed by atoms with van der Waals surface area (Å²) in [6.07, 6.45) is 1.83. The molecule has 1 aromatic carbocycles. The third-order valence-electron chi connectivity index (χ3n) is 2.05. The number of carbonyl (C=O) groups is 1. The van der Waals surface area contributed by atoms with Crippen molar-refractivity contribution >= 4 is 33.1 Å². The Bertz CT molecular complexity index is 409. The largest absolute Gasteiger partial charge is 0.321 e. The van der Waals surface area contributed by atoms with E-state index in [0.29, 0.717) is 0 Å². The minimum Gasteiger partial charge on any atom is -0.321 e. The van der Waals surface area contributed by atoms with Crippen molar-refractivity contribution in [3.8, 4) is 0 Å². The summed E-state index contributed by atoms with van der Waals surface area (Å²) in [4.78, 5) is 11.4. The highest BCUT2D eigenvalue weighted by molar-refractivity contribution is 9.10. The SMILES string of the molecule is C/C=C1/C(=O)Nc2ccc(Br)cc21. The van der Waals surface area contributed by atoms with E-state index >= 15 is 0 Å². The van der Waals surface area contributed by atoms with Crippen LogP contribution >= 0.6 is 15.9 Å². The van der Waals surface area contributed by atoms with Crippen molar-refractivity contribution < 1.29 is 4.79 Å². The molecular formula is C10H8BrNO. The Morgan fingerprint density at radius 3 is 2.92 bits per heavy atom. The van der Waals surface area contributed by atoms with Gasteiger partial charge in [0.25, 0.3) is 5.91 Å². The second-order valence-corrected chi connectivity index (χ2v) is 3.76. The lowest BCUT2D eigenvalue weighted by atomic mass is 10.1. The molecule has 0 aromatic heterocycles. The van der Waals surface area contributed by atoms with Crippen LogP contribution in [0.1, 0.15) is 12.5 Å². The average Bonchev–Trinajstić information content (AvgIpc) is 2.40. The third-order valence-corrected chi connectivity index (χ3v) is 2.55. The molecule has 0 aliphatic carbocycles. The first-order valence-electron chi connectivity index (χ1n) is 4.00. The van der Waals surface area contributed by atoms with Crippen LogP contribution in [-0.2, 0) is 4.79 Å². The number of halogens is 1. The van der Waals surface area contributed by atoms with Gasteiger partial charge in [-0.15, -0.1) is 0 Å². The van der Waals surface area contributed by atoms with Gasteiger partial charge in [0.05, 0.1) is 0 Å². The molecule has 1 aliphatic heterocycles. The quantitative estimate of drug-likeness (QED) is 0.692. The van der Waals surface area contributed by atoms with Gasteiger partial charge in [-0.1, -0.05) is 22.0 Å². The minimum absolute atomic E-state index is 0.0180. The summed E-state index contributed by atoms with van der Waals surface area (Å²) in [7, 11) is 0. The molecule has 0 radical (unpaired) electrons. The summed E-state index contributed by atoms with van der Waals surface area (Å²) in [6.45, 7) is 1.87. The van der Waals surface area contributed by atoms with E-state index in [2.05, 4.69) is 21.2 Å². The molecule has 0 spiro atoms. The number of allylic oxidation sites excluding steroid dienone is 1. The molecule has 1 aliphatic rings. The molecular weight excluding hydrogens is 230 g/mol. The normalized spacial score (nSPS) is 17.4. The van der Waals surface area contributed by atoms with E-state index in [1.807, 2.05) is 31.2 Å². The van der Waals surface area contributed by atoms with Gasteiger partial charge in [0.15, 0.2) is 0 Å². The minimum atomic E-state index is -0.0180. The predicted octanol–water partition coefficient (Wildman–Crippen LogP) is 2.80. The van der Waals surface area contributed by atoms with Crippen LogP contribution < -0.4 is 5.32 Å². The fourth-order valence-corrected chi connectivity index (χ4v) is 1.81. The molecule has 0 unspecified atom stereocenters. The molecule has 1 N–H and O–H groups in total. The molecule has 1 amide bonds. The fraction of sp³-hybridized carbons (Fsp3) is 0.100. The second kappa shape index (κ2) is 3.00. The van der Waals surface area contributed by atoms with Crippen molar-refractivity contribution in [2.45, 2.75) is 6.92 Å². The predicted molar refractivity (Wildman–Crippen MR) is 56.4 cm³/mol. The highest BCUT2D eigenvalue weighted by Gasteiger charge is 2.22. The van der Waals surface area contributed by atoms with Crippen molar-refractivity contribution in [1.29, 1.82) is 0 Å². The number of hydrogen-bond acceptors (Lipinski definition) is 1. The molecule has 2 rings (SSSR count). The topological polar surface area (TPSA) is 29.1 Å². The van der Waals surface area contributed by atoms with Crippen LogP contribution in [0.2, 0.25) is 0 Å². The van der Waals surface area contributed by atoms with Crippen LogP contribution in [0, 0.1) is 0 Å². The van der Waals surface area contributed by atoms with Gasteiger partial charge in [0, 0.05) is 21.3 Å². The zero-order valence-electron chi connectivity index (χ0n) is 7.10. The van der Waals surface area contributed by atoms with Gasteiger partial charge < -0.3 is 5.32 Å². The Kier molecular flexibility index (Phi) is 1.96. The smallest absolute Gasteiger partial charge is 0.256 e. The molecule has 1 heterocycles. The second-order valence-electron chi connectivity index (χ2n) is 2.85. The molecule has 1 aromatic rings. The van der Waals surface area contributed by atoms with Gasteiger partial charge in [-0.05, 0) is 25.1 Å². The van der Waals surface area contributed by atoms with Gasteiger partial charge >= 0.3 is 0 Å². The number of rotatable bonds is 0. The van der Waals surface area contributed by atoms with E-state index in [1.165, 1.54) is 0 Å². The number of hydrogen-bond donors (Lipinski definition) is 1. The number of fused-ring (bicyclic) bond motifs is 1. The third kappa shape index (κ3) is 1.29. The highest BCUT2D eigenvalue weighted by Crippen LogP contribution is 2.33. The van der Waals surface area contributed by atoms with Crippen LogP contribution in [0.4, 0.5) is 5.69 Å². The van der Waals surface area contributed by atoms with Crippen molar-refractivity contribution in [2.24, 2.45) is 0 Å². The van der Waals surface area contributed by atoms with Crippen molar-refractivity contribution in [2.75, 3.05) is 5.32 Å². The number of benzene rings is 1. The lowest BCUT2D eigenvalue weighted by molar-refractivity contribution is -0.110. The Hall–Kier alpha value is -1.09. The summed E-state index contributed by atoms with van der Waals surface area (Å²) in [5, 5.41) is 2.80. The first-order chi connectivity index (χ1) is 6.22. The van der Waals surface area contributed by atoms with E-state index in [-0.39, 0.29) is 5.91 Å². The maximum Gasteiger partial charge on any atom is 0.256 e. The number of amides is 1. The van der Waals surface area contributed by atoms with Crippen molar-refractivity contribution in [3.05, 3.63) is 34.3 Å². The van der Waals surface area contributed by atoms with Crippen LogP contribution in [0.5, 0.6) is 0 Å². The van der Waals surface area contributed by atoms with Crippen LogP contribution in [-0.4, -0.2) is 5.91 Å². The lowest BCUT2D eigenvalue weighted by Gasteiger charge is -1.97. The molecule has 0 atom stereocenters. The zero-order chi connectivity index (χ0) is 9.42. The number of anilines is 1. The van der Waals surface area contributed by atoms with Crippen molar-refractivity contribution in [1.82, 2.24) is 0 Å². The summed E-state index contributed by atoms with van der Waals surface area (Å²) in [5.41, 5.74) is 2.61. The zero-order valence-corrected chi connectivity index (χ0v) is 8.68. The summed E-state index contributed by atoms with van der Waals surface area (Å²) < 4.78 is 0.988. The van der Waals surface area contributed by atoms with Gasteiger partial charge in [-0.25, -0.2) is 0 Å². The summed E-state index contributed by atoms with van der Waals surface area (Å²) in [5.74, 6) is -0.0180. The molecule has 0 saturated heterocycles. The number of nitrogens with one attached hydrogen (secondary N) is 1. The Morgan fingerprint density at radius 2 is 2.23 bits per heavy atom. The fourth-order valence-electron chi connectivity index (χ4n) is 1.45. The van der Waals surface area contributed by atoms with Gasteiger partial charge in [-0.3, -0.25) is 4.79 Å². The van der Waals surface area contributed by atoms with E-state index in [4.69, 9.17) is 0 Å². The van der Waals surface area contributed by atoms with E-state index in [0.717, 1.165) is 21.3 Å². The maximum absolute atomic E-state index is 11.4. The van der Waals surface area contributed by atoms with E-state index in [1.54, 1.807) is 0 Å². The van der Waals surface area contributed by atoms with Crippen LogP contribution in [0.25, 0.3) is 5.57 Å². The van der Waals surface area contributed by atoms with Crippen LogP contribution in [0.3, 0.4) is 0 Å². The van der Waals surface area contributed by atoms with Gasteiger partial charge in [0.2, 0.25) is 0 Å². The van der Waals surface area contributed by atoms with E-state index < -0.39 is 0 Å². The summed E-state index contributed by atoms with van der Waals surface area (Å²) >= 11 is 3.38. The number of carbonyl (C=O) groups excluding carboxylic acids is 1. The lowest BCUT2D eigenvalue weighted by Crippen LogP contribution is -2.03. The summed E-state index contributed by atoms with van der Waals surface area (Å²) in [6, 6.07) is 5.76. The van der Waals surface area contributed by atoms with Crippen LogP contribution in [0.15, 0.2) is 28.7 Å². The molecule has 0 fully saturated rings. The molecule has 0 saturated carbocycles. The molecule has 3 heteroatoms. The van der Waals surface area contributed by atoms with Crippen molar-refractivity contribution in [3.63, 3.8) is 0 Å².